The lowest BCUT2D eigenvalue weighted by Crippen LogP contribution is -2.24. The molecule has 3 aromatic carbocycles. The van der Waals surface area contributed by atoms with E-state index in [-0.39, 0.29) is 11.4 Å². The Labute approximate surface area is 250 Å². The number of methoxy groups -OCH3 is 1. The zero-order chi connectivity index (χ0) is 30.1. The van der Waals surface area contributed by atoms with Gasteiger partial charge in [-0.15, -0.1) is 0 Å². The third-order valence-electron chi connectivity index (χ3n) is 9.21. The number of aryl methyl sites for hydroxylation is 4. The number of nitrogens with one attached hydrogen (secondary N) is 1. The van der Waals surface area contributed by atoms with Gasteiger partial charge in [0.05, 0.1) is 26.4 Å². The summed E-state index contributed by atoms with van der Waals surface area (Å²) < 4.78 is 35.9. The standard InChI is InChI=1S/C35H43NO5S/c1-23-18-29(41-17-7-16-36-42(5,38)39)19-24(2)34(23)30-9-6-8-27(25(30)3)12-10-26-11-13-31-28(20-26)22-35(14-15-35)32(31)21-33(37)40-4/h6,8-9,11,13,18-20,32,36H,7,10,12,14-17,21-22H2,1-5H3. The van der Waals surface area contributed by atoms with Crippen LogP contribution in [0.4, 0.5) is 0 Å². The highest BCUT2D eigenvalue weighted by Gasteiger charge is 2.54. The minimum Gasteiger partial charge on any atom is -0.494 e. The normalized spacial score (nSPS) is 16.8. The molecule has 7 heteroatoms. The zero-order valence-corrected chi connectivity index (χ0v) is 26.3. The fourth-order valence-electron chi connectivity index (χ4n) is 6.86. The highest BCUT2D eigenvalue weighted by molar-refractivity contribution is 7.88. The van der Waals surface area contributed by atoms with Crippen molar-refractivity contribution in [1.29, 1.82) is 0 Å². The number of hydrogen-bond acceptors (Lipinski definition) is 5. The maximum absolute atomic E-state index is 12.1. The summed E-state index contributed by atoms with van der Waals surface area (Å²) in [5.41, 5.74) is 11.9. The topological polar surface area (TPSA) is 81.7 Å². The fourth-order valence-corrected chi connectivity index (χ4v) is 7.37. The van der Waals surface area contributed by atoms with Crippen LogP contribution in [-0.4, -0.2) is 40.9 Å². The van der Waals surface area contributed by atoms with Crippen molar-refractivity contribution in [2.75, 3.05) is 26.5 Å². The second-order valence-electron chi connectivity index (χ2n) is 12.3. The first-order valence-electron chi connectivity index (χ1n) is 15.0. The summed E-state index contributed by atoms with van der Waals surface area (Å²) in [7, 11) is -1.69. The molecule has 0 heterocycles. The molecule has 1 atom stereocenters. The summed E-state index contributed by atoms with van der Waals surface area (Å²) in [6.07, 6.45) is 7.70. The molecule has 3 aromatic rings. The minimum absolute atomic E-state index is 0.106. The third-order valence-corrected chi connectivity index (χ3v) is 9.94. The van der Waals surface area contributed by atoms with Crippen molar-refractivity contribution < 1.29 is 22.7 Å². The molecule has 224 valence electrons. The Kier molecular flexibility index (Phi) is 8.81. The lowest BCUT2D eigenvalue weighted by Gasteiger charge is -2.18. The van der Waals surface area contributed by atoms with E-state index < -0.39 is 10.0 Å². The van der Waals surface area contributed by atoms with Crippen molar-refractivity contribution in [2.24, 2.45) is 5.41 Å². The molecule has 5 rings (SSSR count). The Morgan fingerprint density at radius 2 is 1.76 bits per heavy atom. The van der Waals surface area contributed by atoms with Gasteiger partial charge >= 0.3 is 5.97 Å². The van der Waals surface area contributed by atoms with Crippen molar-refractivity contribution in [1.82, 2.24) is 4.72 Å². The summed E-state index contributed by atoms with van der Waals surface area (Å²) >= 11 is 0. The highest BCUT2D eigenvalue weighted by atomic mass is 32.2. The van der Waals surface area contributed by atoms with Crippen molar-refractivity contribution in [3.63, 3.8) is 0 Å². The van der Waals surface area contributed by atoms with Gasteiger partial charge in [-0.25, -0.2) is 13.1 Å². The number of fused-ring (bicyclic) bond motifs is 1. The van der Waals surface area contributed by atoms with E-state index >= 15 is 0 Å². The molecule has 1 N–H and O–H groups in total. The lowest BCUT2D eigenvalue weighted by atomic mass is 9.86. The number of carbonyl (C=O) groups is 1. The molecule has 0 aromatic heterocycles. The molecule has 0 saturated heterocycles. The molecule has 0 bridgehead atoms. The van der Waals surface area contributed by atoms with E-state index in [1.54, 1.807) is 0 Å². The van der Waals surface area contributed by atoms with Crippen LogP contribution in [0.25, 0.3) is 11.1 Å². The van der Waals surface area contributed by atoms with Gasteiger partial charge in [-0.1, -0.05) is 36.4 Å². The zero-order valence-electron chi connectivity index (χ0n) is 25.5. The Balaban J connectivity index is 1.26. The van der Waals surface area contributed by atoms with Crippen LogP contribution in [0.15, 0.2) is 48.5 Å². The summed E-state index contributed by atoms with van der Waals surface area (Å²) in [4.78, 5) is 12.1. The van der Waals surface area contributed by atoms with Gasteiger partial charge < -0.3 is 9.47 Å². The van der Waals surface area contributed by atoms with Gasteiger partial charge in [-0.3, -0.25) is 4.79 Å². The number of carbonyl (C=O) groups excluding carboxylic acids is 1. The summed E-state index contributed by atoms with van der Waals surface area (Å²) in [5, 5.41) is 0. The molecule has 0 aliphatic heterocycles. The minimum atomic E-state index is -3.18. The van der Waals surface area contributed by atoms with Gasteiger partial charge in [0.2, 0.25) is 10.0 Å². The first-order valence-corrected chi connectivity index (χ1v) is 16.8. The fraction of sp³-hybridized carbons (Fsp3) is 0.457. The van der Waals surface area contributed by atoms with E-state index in [0.29, 0.717) is 31.9 Å². The van der Waals surface area contributed by atoms with Crippen molar-refractivity contribution in [3.05, 3.63) is 87.5 Å². The molecule has 1 spiro atoms. The average Bonchev–Trinajstić information content (AvgIpc) is 3.64. The first kappa shape index (κ1) is 30.3. The van der Waals surface area contributed by atoms with Gasteiger partial charge in [0.1, 0.15) is 5.75 Å². The Morgan fingerprint density at radius 1 is 1.02 bits per heavy atom. The van der Waals surface area contributed by atoms with E-state index in [2.05, 4.69) is 74.0 Å². The summed E-state index contributed by atoms with van der Waals surface area (Å²) in [5.74, 6) is 0.999. The van der Waals surface area contributed by atoms with E-state index in [4.69, 9.17) is 9.47 Å². The van der Waals surface area contributed by atoms with Crippen LogP contribution in [0.2, 0.25) is 0 Å². The average molecular weight is 590 g/mol. The lowest BCUT2D eigenvalue weighted by molar-refractivity contribution is -0.141. The van der Waals surface area contributed by atoms with Gasteiger partial charge in [-0.2, -0.15) is 0 Å². The molecule has 0 radical (unpaired) electrons. The van der Waals surface area contributed by atoms with E-state index in [1.165, 1.54) is 58.9 Å². The molecule has 1 unspecified atom stereocenters. The SMILES string of the molecule is COC(=O)CC1c2ccc(CCc3cccc(-c4c(C)cc(OCCCNS(C)(=O)=O)cc4C)c3C)cc2CC12CC2. The molecule has 0 amide bonds. The molecule has 1 fully saturated rings. The number of ether oxygens (including phenoxy) is 2. The molecule has 42 heavy (non-hydrogen) atoms. The monoisotopic (exact) mass is 589 g/mol. The molecular weight excluding hydrogens is 546 g/mol. The van der Waals surface area contributed by atoms with Crippen LogP contribution >= 0.6 is 0 Å². The Hall–Kier alpha value is -3.16. The molecule has 6 nitrogen and oxygen atoms in total. The van der Waals surface area contributed by atoms with Crippen LogP contribution in [0.5, 0.6) is 5.75 Å². The number of sulfonamides is 1. The molecular formula is C35H43NO5S. The smallest absolute Gasteiger partial charge is 0.306 e. The number of rotatable bonds is 12. The van der Waals surface area contributed by atoms with Crippen LogP contribution in [0.1, 0.15) is 70.5 Å². The van der Waals surface area contributed by atoms with Crippen molar-refractivity contribution >= 4 is 16.0 Å². The van der Waals surface area contributed by atoms with Crippen LogP contribution < -0.4 is 9.46 Å². The van der Waals surface area contributed by atoms with Gasteiger partial charge in [-0.05, 0) is 127 Å². The number of benzene rings is 3. The summed E-state index contributed by atoms with van der Waals surface area (Å²) in [6.45, 7) is 7.28. The quantitative estimate of drug-likeness (QED) is 0.196. The Morgan fingerprint density at radius 3 is 2.43 bits per heavy atom. The first-order chi connectivity index (χ1) is 20.0. The molecule has 2 aliphatic carbocycles. The second-order valence-corrected chi connectivity index (χ2v) is 14.1. The molecule has 1 saturated carbocycles. The maximum Gasteiger partial charge on any atom is 0.306 e. The van der Waals surface area contributed by atoms with E-state index in [1.807, 2.05) is 0 Å². The number of esters is 1. The van der Waals surface area contributed by atoms with Gasteiger partial charge in [0, 0.05) is 12.5 Å². The second kappa shape index (κ2) is 12.2. The van der Waals surface area contributed by atoms with E-state index in [0.717, 1.165) is 42.4 Å². The third kappa shape index (κ3) is 6.73. The predicted molar refractivity (Wildman–Crippen MR) is 168 cm³/mol. The Bertz CT molecular complexity index is 1570. The van der Waals surface area contributed by atoms with Crippen molar-refractivity contribution in [2.45, 2.75) is 71.6 Å². The maximum atomic E-state index is 12.1. The van der Waals surface area contributed by atoms with Gasteiger partial charge in [0.15, 0.2) is 0 Å². The predicted octanol–water partition coefficient (Wildman–Crippen LogP) is 6.37. The largest absolute Gasteiger partial charge is 0.494 e. The highest BCUT2D eigenvalue weighted by Crippen LogP contribution is 2.64. The summed E-state index contributed by atoms with van der Waals surface area (Å²) in [6, 6.07) is 17.7. The van der Waals surface area contributed by atoms with E-state index in [9.17, 15) is 13.2 Å². The van der Waals surface area contributed by atoms with Crippen LogP contribution in [0.3, 0.4) is 0 Å². The number of hydrogen-bond donors (Lipinski definition) is 1. The van der Waals surface area contributed by atoms with Crippen LogP contribution in [-0.2, 0) is 38.8 Å². The molecule has 2 aliphatic rings. The van der Waals surface area contributed by atoms with Crippen molar-refractivity contribution in [3.8, 4) is 16.9 Å². The van der Waals surface area contributed by atoms with Gasteiger partial charge in [0.25, 0.3) is 0 Å². The van der Waals surface area contributed by atoms with Crippen LogP contribution in [0, 0.1) is 26.2 Å².